The van der Waals surface area contributed by atoms with Crippen molar-refractivity contribution in [2.24, 2.45) is 52.3 Å². The highest BCUT2D eigenvalue weighted by atomic mass is 16.5. The molecule has 4 rings (SSSR count). The van der Waals surface area contributed by atoms with E-state index in [1.807, 2.05) is 0 Å². The van der Waals surface area contributed by atoms with Gasteiger partial charge in [-0.05, 0) is 97.7 Å². The minimum atomic E-state index is -0.102. The van der Waals surface area contributed by atoms with Gasteiger partial charge in [0.25, 0.3) is 0 Å². The normalized spacial score (nSPS) is 46.4. The molecule has 0 aromatic rings. The average molecular weight is 447 g/mol. The molecule has 0 N–H and O–H groups in total. The molecule has 10 atom stereocenters. The summed E-state index contributed by atoms with van der Waals surface area (Å²) in [4.78, 5) is 23.9. The molecular formula is C28H46O4. The molecule has 4 aliphatic rings. The molecule has 0 radical (unpaired) electrons. The van der Waals surface area contributed by atoms with Gasteiger partial charge in [-0.25, -0.2) is 0 Å². The van der Waals surface area contributed by atoms with Crippen molar-refractivity contribution in [2.45, 2.75) is 105 Å². The van der Waals surface area contributed by atoms with Crippen molar-refractivity contribution in [1.29, 1.82) is 0 Å². The zero-order valence-corrected chi connectivity index (χ0v) is 21.3. The zero-order chi connectivity index (χ0) is 23.3. The molecule has 4 aliphatic carbocycles. The lowest BCUT2D eigenvalue weighted by molar-refractivity contribution is -0.191. The molecule has 0 heterocycles. The Morgan fingerprint density at radius 3 is 2.38 bits per heavy atom. The summed E-state index contributed by atoms with van der Waals surface area (Å²) in [5.74, 6) is 4.28. The molecule has 0 spiro atoms. The molecule has 3 unspecified atom stereocenters. The summed E-state index contributed by atoms with van der Waals surface area (Å²) in [7, 11) is 1.49. The third-order valence-electron chi connectivity index (χ3n) is 11.0. The predicted molar refractivity (Wildman–Crippen MR) is 126 cm³/mol. The summed E-state index contributed by atoms with van der Waals surface area (Å²) in [6.45, 7) is 11.5. The van der Waals surface area contributed by atoms with Crippen molar-refractivity contribution in [3.63, 3.8) is 0 Å². The molecule has 0 saturated heterocycles. The first-order chi connectivity index (χ1) is 15.1. The second-order valence-electron chi connectivity index (χ2n) is 12.6. The van der Waals surface area contributed by atoms with Crippen LogP contribution >= 0.6 is 0 Å². The summed E-state index contributed by atoms with van der Waals surface area (Å²) in [6, 6.07) is 0. The number of methoxy groups -OCH3 is 1. The van der Waals surface area contributed by atoms with Crippen LogP contribution < -0.4 is 0 Å². The van der Waals surface area contributed by atoms with Gasteiger partial charge >= 0.3 is 11.9 Å². The van der Waals surface area contributed by atoms with E-state index in [1.165, 1.54) is 52.1 Å². The Hall–Kier alpha value is -1.06. The van der Waals surface area contributed by atoms with E-state index in [2.05, 4.69) is 27.7 Å². The van der Waals surface area contributed by atoms with Gasteiger partial charge in [-0.2, -0.15) is 0 Å². The van der Waals surface area contributed by atoms with Gasteiger partial charge in [0, 0.05) is 19.3 Å². The number of esters is 2. The molecule has 0 aromatic carbocycles. The zero-order valence-electron chi connectivity index (χ0n) is 21.3. The number of fused-ring (bicyclic) bond motifs is 5. The topological polar surface area (TPSA) is 52.6 Å². The summed E-state index contributed by atoms with van der Waals surface area (Å²) >= 11 is 0. The molecule has 0 bridgehead atoms. The second kappa shape index (κ2) is 8.95. The highest BCUT2D eigenvalue weighted by molar-refractivity contribution is 5.69. The number of hydrogen-bond acceptors (Lipinski definition) is 4. The molecular weight excluding hydrogens is 400 g/mol. The Kier molecular flexibility index (Phi) is 6.73. The molecule has 0 amide bonds. The fourth-order valence-corrected chi connectivity index (χ4v) is 9.37. The summed E-state index contributed by atoms with van der Waals surface area (Å²) in [5.41, 5.74) is 0.698. The quantitative estimate of drug-likeness (QED) is 0.458. The Bertz CT molecular complexity index is 718. The lowest BCUT2D eigenvalue weighted by Gasteiger charge is -2.63. The fourth-order valence-electron chi connectivity index (χ4n) is 9.37. The fraction of sp³-hybridized carbons (Fsp3) is 0.929. The van der Waals surface area contributed by atoms with Crippen LogP contribution in [-0.2, 0) is 19.1 Å². The van der Waals surface area contributed by atoms with Gasteiger partial charge in [-0.15, -0.1) is 0 Å². The van der Waals surface area contributed by atoms with Gasteiger partial charge in [0.15, 0.2) is 0 Å². The van der Waals surface area contributed by atoms with Crippen LogP contribution in [-0.4, -0.2) is 25.2 Å². The van der Waals surface area contributed by atoms with Crippen LogP contribution in [0.15, 0.2) is 0 Å². The van der Waals surface area contributed by atoms with E-state index >= 15 is 0 Å². The van der Waals surface area contributed by atoms with Gasteiger partial charge in [0.1, 0.15) is 6.10 Å². The number of ether oxygens (including phenoxy) is 2. The Morgan fingerprint density at radius 2 is 1.69 bits per heavy atom. The molecule has 32 heavy (non-hydrogen) atoms. The summed E-state index contributed by atoms with van der Waals surface area (Å²) in [6.07, 6.45) is 11.6. The van der Waals surface area contributed by atoms with Crippen molar-refractivity contribution >= 4 is 11.9 Å². The second-order valence-corrected chi connectivity index (χ2v) is 12.6. The van der Waals surface area contributed by atoms with Gasteiger partial charge in [-0.3, -0.25) is 9.59 Å². The number of rotatable bonds is 5. The minimum absolute atomic E-state index is 0.0899. The van der Waals surface area contributed by atoms with Crippen LogP contribution in [0.5, 0.6) is 0 Å². The van der Waals surface area contributed by atoms with E-state index in [-0.39, 0.29) is 18.0 Å². The van der Waals surface area contributed by atoms with E-state index < -0.39 is 0 Å². The van der Waals surface area contributed by atoms with E-state index in [0.29, 0.717) is 52.8 Å². The molecule has 4 heteroatoms. The van der Waals surface area contributed by atoms with E-state index in [4.69, 9.17) is 9.47 Å². The van der Waals surface area contributed by atoms with Gasteiger partial charge < -0.3 is 9.47 Å². The van der Waals surface area contributed by atoms with E-state index in [9.17, 15) is 9.59 Å². The lowest BCUT2D eigenvalue weighted by Crippen LogP contribution is -2.59. The highest BCUT2D eigenvalue weighted by Crippen LogP contribution is 2.69. The number of carbonyl (C=O) groups is 2. The Morgan fingerprint density at radius 1 is 1.00 bits per heavy atom. The van der Waals surface area contributed by atoms with Crippen LogP contribution in [0.1, 0.15) is 98.8 Å². The largest absolute Gasteiger partial charge is 0.469 e. The maximum atomic E-state index is 12.1. The molecule has 4 saturated carbocycles. The van der Waals surface area contributed by atoms with Crippen LogP contribution in [0, 0.1) is 52.3 Å². The number of hydrogen-bond donors (Lipinski definition) is 0. The first-order valence-electron chi connectivity index (χ1n) is 13.3. The van der Waals surface area contributed by atoms with Crippen LogP contribution in [0.2, 0.25) is 0 Å². The average Bonchev–Trinajstić information content (AvgIpc) is 3.09. The van der Waals surface area contributed by atoms with Crippen molar-refractivity contribution in [3.05, 3.63) is 0 Å². The highest BCUT2D eigenvalue weighted by Gasteiger charge is 2.63. The maximum absolute atomic E-state index is 12.1. The van der Waals surface area contributed by atoms with Crippen molar-refractivity contribution < 1.29 is 19.1 Å². The third kappa shape index (κ3) is 4.02. The molecule has 4 nitrogen and oxygen atoms in total. The predicted octanol–water partition coefficient (Wildman–Crippen LogP) is 6.41. The first-order valence-corrected chi connectivity index (χ1v) is 13.3. The van der Waals surface area contributed by atoms with E-state index in [0.717, 1.165) is 18.8 Å². The first kappa shape index (κ1) is 24.1. The summed E-state index contributed by atoms with van der Waals surface area (Å²) in [5, 5.41) is 0. The van der Waals surface area contributed by atoms with Gasteiger partial charge in [-0.1, -0.05) is 34.1 Å². The van der Waals surface area contributed by atoms with Gasteiger partial charge in [0.05, 0.1) is 7.11 Å². The monoisotopic (exact) mass is 446 g/mol. The minimum Gasteiger partial charge on any atom is -0.469 e. The van der Waals surface area contributed by atoms with Crippen LogP contribution in [0.3, 0.4) is 0 Å². The van der Waals surface area contributed by atoms with Crippen molar-refractivity contribution in [1.82, 2.24) is 0 Å². The van der Waals surface area contributed by atoms with E-state index in [1.54, 1.807) is 6.92 Å². The molecule has 4 fully saturated rings. The SMILES string of the molecule is COC(=O)CC[C@@H](C)[C@H]1CCC2C3C(CC[C@@]21C)[C@@]1(C)CC[C@@H](C)C[C@H]1C[C@H]3OC(C)=O. The molecule has 0 aromatic heterocycles. The third-order valence-corrected chi connectivity index (χ3v) is 11.0. The smallest absolute Gasteiger partial charge is 0.305 e. The Labute approximate surface area is 195 Å². The molecule has 0 aliphatic heterocycles. The standard InChI is InChI=1S/C28H46O4/c1-17-11-13-27(4)20(15-17)16-24(32-19(3)29)26-22-9-8-21(18(2)7-10-25(30)31-6)28(22,5)14-12-23(26)27/h17-18,20-24,26H,7-16H2,1-6H3/t17-,18-,20+,21-,22?,23?,24-,26?,27+,28-/m1/s1. The van der Waals surface area contributed by atoms with Crippen molar-refractivity contribution in [2.75, 3.05) is 7.11 Å². The number of carbonyl (C=O) groups excluding carboxylic acids is 2. The molecule has 182 valence electrons. The van der Waals surface area contributed by atoms with Crippen LogP contribution in [0.25, 0.3) is 0 Å². The Balaban J connectivity index is 1.59. The maximum Gasteiger partial charge on any atom is 0.305 e. The van der Waals surface area contributed by atoms with Crippen molar-refractivity contribution in [3.8, 4) is 0 Å². The summed E-state index contributed by atoms with van der Waals surface area (Å²) < 4.78 is 11.0. The van der Waals surface area contributed by atoms with Crippen LogP contribution in [0.4, 0.5) is 0 Å². The van der Waals surface area contributed by atoms with Gasteiger partial charge in [0.2, 0.25) is 0 Å². The lowest BCUT2D eigenvalue weighted by atomic mass is 9.43.